The molecule has 0 radical (unpaired) electrons. The van der Waals surface area contributed by atoms with Crippen molar-refractivity contribution in [1.82, 2.24) is 0 Å². The number of hydrogen-bond acceptors (Lipinski definition) is 3. The van der Waals surface area contributed by atoms with E-state index in [9.17, 15) is 9.59 Å². The lowest BCUT2D eigenvalue weighted by atomic mass is 9.90. The minimum Gasteiger partial charge on any atom is -0.444 e. The maximum Gasteiger partial charge on any atom is 0.411 e. The number of fused-ring (bicyclic) bond motifs is 1. The molecule has 0 saturated carbocycles. The first kappa shape index (κ1) is 18.9. The van der Waals surface area contributed by atoms with E-state index < -0.39 is 12.0 Å². The van der Waals surface area contributed by atoms with Crippen LogP contribution in [-0.4, -0.2) is 11.9 Å². The van der Waals surface area contributed by atoms with Crippen LogP contribution in [0.25, 0.3) is 10.8 Å². The van der Waals surface area contributed by atoms with Gasteiger partial charge in [0.2, 0.25) is 0 Å². The fraction of sp³-hybridized carbons (Fsp3) is 0.182. The lowest BCUT2D eigenvalue weighted by Gasteiger charge is -2.19. The number of carbonyl (C=O) groups is 2. The van der Waals surface area contributed by atoms with E-state index in [0.717, 1.165) is 21.9 Å². The molecule has 0 heterocycles. The summed E-state index contributed by atoms with van der Waals surface area (Å²) in [5.74, 6) is -0.389. The van der Waals surface area contributed by atoms with E-state index in [0.29, 0.717) is 10.7 Å². The first-order valence-electron chi connectivity index (χ1n) is 8.66. The van der Waals surface area contributed by atoms with E-state index in [4.69, 9.17) is 16.3 Å². The molecule has 0 bridgehead atoms. The van der Waals surface area contributed by atoms with Gasteiger partial charge < -0.3 is 4.74 Å². The lowest BCUT2D eigenvalue weighted by Crippen LogP contribution is -2.17. The SMILES string of the molecule is CC(=O)[C@@H](C)c1c(NC(=O)OCc2ccccc2)cc(Cl)c2ccccc12. The normalized spacial score (nSPS) is 11.8. The zero-order valence-electron chi connectivity index (χ0n) is 15.2. The third kappa shape index (κ3) is 4.29. The van der Waals surface area contributed by atoms with Crippen molar-refractivity contribution >= 4 is 39.9 Å². The molecule has 1 N–H and O–H groups in total. The maximum absolute atomic E-state index is 12.3. The second-order valence-electron chi connectivity index (χ2n) is 6.38. The zero-order valence-corrected chi connectivity index (χ0v) is 15.9. The van der Waals surface area contributed by atoms with Gasteiger partial charge in [0.1, 0.15) is 12.4 Å². The van der Waals surface area contributed by atoms with Gasteiger partial charge in [-0.3, -0.25) is 10.1 Å². The third-order valence-corrected chi connectivity index (χ3v) is 4.84. The van der Waals surface area contributed by atoms with Gasteiger partial charge in [-0.15, -0.1) is 0 Å². The van der Waals surface area contributed by atoms with Gasteiger partial charge in [0.15, 0.2) is 0 Å². The van der Waals surface area contributed by atoms with E-state index in [1.165, 1.54) is 6.92 Å². The maximum atomic E-state index is 12.3. The molecule has 0 spiro atoms. The van der Waals surface area contributed by atoms with Crippen molar-refractivity contribution < 1.29 is 14.3 Å². The zero-order chi connectivity index (χ0) is 19.4. The number of ether oxygens (including phenoxy) is 1. The van der Waals surface area contributed by atoms with Gasteiger partial charge in [0.05, 0.1) is 10.7 Å². The second kappa shape index (κ2) is 8.23. The number of rotatable bonds is 5. The van der Waals surface area contributed by atoms with Gasteiger partial charge in [-0.05, 0) is 29.5 Å². The fourth-order valence-corrected chi connectivity index (χ4v) is 3.27. The smallest absolute Gasteiger partial charge is 0.411 e. The Morgan fingerprint density at radius 3 is 2.33 bits per heavy atom. The number of halogens is 1. The fourth-order valence-electron chi connectivity index (χ4n) is 3.00. The van der Waals surface area contributed by atoms with Gasteiger partial charge in [-0.1, -0.05) is 73.1 Å². The molecule has 3 aromatic rings. The molecular formula is C22H20ClNO3. The summed E-state index contributed by atoms with van der Waals surface area (Å²) in [5, 5.41) is 4.93. The Hall–Kier alpha value is -2.85. The van der Waals surface area contributed by atoms with Crippen LogP contribution in [0.15, 0.2) is 60.7 Å². The van der Waals surface area contributed by atoms with E-state index in [2.05, 4.69) is 5.32 Å². The lowest BCUT2D eigenvalue weighted by molar-refractivity contribution is -0.118. The second-order valence-corrected chi connectivity index (χ2v) is 6.79. The van der Waals surface area contributed by atoms with Crippen LogP contribution in [0.2, 0.25) is 5.02 Å². The van der Waals surface area contributed by atoms with Crippen molar-refractivity contribution in [3.05, 3.63) is 76.8 Å². The van der Waals surface area contributed by atoms with E-state index in [1.54, 1.807) is 6.07 Å². The molecule has 0 fully saturated rings. The molecule has 0 aliphatic carbocycles. The average Bonchev–Trinajstić information content (AvgIpc) is 2.67. The van der Waals surface area contributed by atoms with Crippen molar-refractivity contribution in [3.63, 3.8) is 0 Å². The number of Topliss-reactive ketones (excluding diaryl/α,β-unsaturated/α-hetero) is 1. The van der Waals surface area contributed by atoms with Crippen LogP contribution in [-0.2, 0) is 16.1 Å². The first-order chi connectivity index (χ1) is 13.0. The summed E-state index contributed by atoms with van der Waals surface area (Å²) in [6.45, 7) is 3.51. The van der Waals surface area contributed by atoms with Crippen molar-refractivity contribution in [2.75, 3.05) is 5.32 Å². The minimum atomic E-state index is -0.595. The van der Waals surface area contributed by atoms with E-state index >= 15 is 0 Å². The number of ketones is 1. The molecule has 0 saturated heterocycles. The molecule has 0 aromatic heterocycles. The summed E-state index contributed by atoms with van der Waals surface area (Å²) in [5.41, 5.74) is 2.11. The Labute approximate surface area is 163 Å². The van der Waals surface area contributed by atoms with Crippen molar-refractivity contribution in [1.29, 1.82) is 0 Å². The predicted octanol–water partition coefficient (Wildman–Crippen LogP) is 5.93. The van der Waals surface area contributed by atoms with Crippen LogP contribution in [0.3, 0.4) is 0 Å². The molecule has 5 heteroatoms. The number of amides is 1. The third-order valence-electron chi connectivity index (χ3n) is 4.53. The molecule has 138 valence electrons. The number of anilines is 1. The molecule has 0 aliphatic rings. The highest BCUT2D eigenvalue weighted by Gasteiger charge is 2.21. The Balaban J connectivity index is 1.92. The van der Waals surface area contributed by atoms with Crippen molar-refractivity contribution in [2.45, 2.75) is 26.4 Å². The van der Waals surface area contributed by atoms with Gasteiger partial charge in [-0.25, -0.2) is 4.79 Å². The topological polar surface area (TPSA) is 55.4 Å². The molecule has 3 rings (SSSR count). The van der Waals surface area contributed by atoms with Crippen LogP contribution in [0.5, 0.6) is 0 Å². The largest absolute Gasteiger partial charge is 0.444 e. The molecule has 27 heavy (non-hydrogen) atoms. The van der Waals surface area contributed by atoms with E-state index in [-0.39, 0.29) is 12.4 Å². The summed E-state index contributed by atoms with van der Waals surface area (Å²) in [7, 11) is 0. The van der Waals surface area contributed by atoms with Crippen molar-refractivity contribution in [2.24, 2.45) is 0 Å². The monoisotopic (exact) mass is 381 g/mol. The summed E-state index contributed by atoms with van der Waals surface area (Å²) in [4.78, 5) is 24.4. The molecule has 0 unspecified atom stereocenters. The Kier molecular flexibility index (Phi) is 5.77. The molecule has 0 aliphatic heterocycles. The Bertz CT molecular complexity index is 986. The number of nitrogens with one attached hydrogen (secondary N) is 1. The van der Waals surface area contributed by atoms with Crippen LogP contribution >= 0.6 is 11.6 Å². The number of hydrogen-bond donors (Lipinski definition) is 1. The average molecular weight is 382 g/mol. The summed E-state index contributed by atoms with van der Waals surface area (Å²) in [6, 6.07) is 18.6. The highest BCUT2D eigenvalue weighted by Crippen LogP contribution is 2.37. The molecular weight excluding hydrogens is 362 g/mol. The van der Waals surface area contributed by atoms with Gasteiger partial charge >= 0.3 is 6.09 Å². The van der Waals surface area contributed by atoms with Gasteiger partial charge in [0.25, 0.3) is 0 Å². The van der Waals surface area contributed by atoms with Crippen LogP contribution in [0, 0.1) is 0 Å². The number of benzene rings is 3. The van der Waals surface area contributed by atoms with Gasteiger partial charge in [0, 0.05) is 11.3 Å². The first-order valence-corrected chi connectivity index (χ1v) is 9.04. The highest BCUT2D eigenvalue weighted by molar-refractivity contribution is 6.36. The van der Waals surface area contributed by atoms with Crippen LogP contribution in [0.4, 0.5) is 10.5 Å². The molecule has 4 nitrogen and oxygen atoms in total. The summed E-state index contributed by atoms with van der Waals surface area (Å²) < 4.78 is 5.30. The standard InChI is InChI=1S/C22H20ClNO3/c1-14(15(2)25)21-18-11-7-6-10-17(18)19(23)12-20(21)24-22(26)27-13-16-8-4-3-5-9-16/h3-12,14H,13H2,1-2H3,(H,24,26)/t14-/m1/s1. The quantitative estimate of drug-likeness (QED) is 0.595. The van der Waals surface area contributed by atoms with E-state index in [1.807, 2.05) is 61.5 Å². The summed E-state index contributed by atoms with van der Waals surface area (Å²) in [6.07, 6.45) is -0.595. The molecule has 1 amide bonds. The predicted molar refractivity (Wildman–Crippen MR) is 108 cm³/mol. The Morgan fingerprint density at radius 1 is 1.04 bits per heavy atom. The molecule has 1 atom stereocenters. The van der Waals surface area contributed by atoms with Gasteiger partial charge in [-0.2, -0.15) is 0 Å². The van der Waals surface area contributed by atoms with Crippen LogP contribution < -0.4 is 5.32 Å². The van der Waals surface area contributed by atoms with Crippen molar-refractivity contribution in [3.8, 4) is 0 Å². The Morgan fingerprint density at radius 2 is 1.67 bits per heavy atom. The number of carbonyl (C=O) groups excluding carboxylic acids is 2. The summed E-state index contributed by atoms with van der Waals surface area (Å²) >= 11 is 6.40. The molecule has 3 aromatic carbocycles. The highest BCUT2D eigenvalue weighted by atomic mass is 35.5. The van der Waals surface area contributed by atoms with Crippen LogP contribution in [0.1, 0.15) is 30.9 Å². The minimum absolute atomic E-state index is 0.00294.